The van der Waals surface area contributed by atoms with Gasteiger partial charge in [-0.1, -0.05) is 6.92 Å². The van der Waals surface area contributed by atoms with Crippen molar-refractivity contribution in [2.24, 2.45) is 11.8 Å². The number of Topliss-reactive ketones (excluding diaryl/α,β-unsaturated/α-hetero) is 1. The molecule has 1 aliphatic carbocycles. The molecule has 2 aliphatic heterocycles. The van der Waals surface area contributed by atoms with Gasteiger partial charge < -0.3 is 24.2 Å². The maximum absolute atomic E-state index is 13.3. The molecule has 1 N–H and O–H groups in total. The number of carbonyl (C=O) groups excluding carboxylic acids is 4. The highest BCUT2D eigenvalue weighted by Gasteiger charge is 2.60. The van der Waals surface area contributed by atoms with Crippen LogP contribution < -0.4 is 0 Å². The van der Waals surface area contributed by atoms with Crippen molar-refractivity contribution < 1.29 is 38.5 Å². The molecule has 4 heterocycles. The molecule has 0 radical (unpaired) electrons. The van der Waals surface area contributed by atoms with Crippen LogP contribution in [0.25, 0.3) is 10.4 Å². The van der Waals surface area contributed by atoms with Crippen LogP contribution >= 0.6 is 11.3 Å². The topological polar surface area (TPSA) is 137 Å². The van der Waals surface area contributed by atoms with Gasteiger partial charge in [0.25, 0.3) is 0 Å². The quantitative estimate of drug-likeness (QED) is 0.247. The number of nitrogens with zero attached hydrogens (tertiary/aromatic N) is 3. The molecule has 1 amide bonds. The number of ether oxygens (including phenoxy) is 3. The van der Waals surface area contributed by atoms with E-state index in [0.29, 0.717) is 26.8 Å². The predicted octanol–water partition coefficient (Wildman–Crippen LogP) is 3.07. The summed E-state index contributed by atoms with van der Waals surface area (Å²) < 4.78 is 17.2. The van der Waals surface area contributed by atoms with Crippen molar-refractivity contribution in [1.82, 2.24) is 14.3 Å². The minimum Gasteiger partial charge on any atom is -0.431 e. The first-order valence-corrected chi connectivity index (χ1v) is 13.2. The summed E-state index contributed by atoms with van der Waals surface area (Å²) in [4.78, 5) is 57.3. The van der Waals surface area contributed by atoms with E-state index < -0.39 is 37.0 Å². The maximum Gasteiger partial charge on any atom is 0.511 e. The Morgan fingerprint density at radius 2 is 1.95 bits per heavy atom. The van der Waals surface area contributed by atoms with Crippen LogP contribution in [-0.2, 0) is 23.8 Å². The van der Waals surface area contributed by atoms with E-state index in [1.807, 2.05) is 6.92 Å². The Kier molecular flexibility index (Phi) is 6.57. The van der Waals surface area contributed by atoms with Crippen LogP contribution in [0.5, 0.6) is 0 Å². The summed E-state index contributed by atoms with van der Waals surface area (Å²) in [5.74, 6) is -1.72. The summed E-state index contributed by atoms with van der Waals surface area (Å²) >= 11 is 1.29. The van der Waals surface area contributed by atoms with Gasteiger partial charge in [-0.3, -0.25) is 14.0 Å². The summed E-state index contributed by atoms with van der Waals surface area (Å²) in [7, 11) is 0. The number of thiazole rings is 1. The van der Waals surface area contributed by atoms with Crippen molar-refractivity contribution in [2.75, 3.05) is 6.79 Å². The highest BCUT2D eigenvalue weighted by molar-refractivity contribution is 7.18. The van der Waals surface area contributed by atoms with E-state index in [-0.39, 0.29) is 29.4 Å². The van der Waals surface area contributed by atoms with Crippen LogP contribution in [0.4, 0.5) is 4.79 Å². The molecule has 37 heavy (non-hydrogen) atoms. The van der Waals surface area contributed by atoms with Crippen molar-refractivity contribution in [1.29, 1.82) is 0 Å². The zero-order valence-corrected chi connectivity index (χ0v) is 21.9. The lowest BCUT2D eigenvalue weighted by Gasteiger charge is -2.46. The van der Waals surface area contributed by atoms with Crippen LogP contribution in [-0.4, -0.2) is 68.2 Å². The fraction of sp³-hybridized carbons (Fsp3) is 0.560. The van der Waals surface area contributed by atoms with Gasteiger partial charge in [0.2, 0.25) is 12.7 Å². The monoisotopic (exact) mass is 531 g/mol. The number of imidazole rings is 1. The molecule has 198 valence electrons. The smallest absolute Gasteiger partial charge is 0.431 e. The molecule has 0 spiro atoms. The van der Waals surface area contributed by atoms with Gasteiger partial charge in [0.15, 0.2) is 5.78 Å². The van der Waals surface area contributed by atoms with Gasteiger partial charge in [-0.25, -0.2) is 14.6 Å². The molecule has 2 aromatic heterocycles. The van der Waals surface area contributed by atoms with E-state index in [4.69, 9.17) is 14.2 Å². The number of ketones is 1. The molecule has 12 heteroatoms. The van der Waals surface area contributed by atoms with E-state index in [1.54, 1.807) is 24.4 Å². The third-order valence-corrected chi connectivity index (χ3v) is 8.52. The summed E-state index contributed by atoms with van der Waals surface area (Å²) in [6.07, 6.45) is 3.34. The van der Waals surface area contributed by atoms with Gasteiger partial charge >= 0.3 is 12.1 Å². The van der Waals surface area contributed by atoms with Crippen molar-refractivity contribution >= 4 is 45.6 Å². The lowest BCUT2D eigenvalue weighted by Crippen LogP contribution is -2.63. The highest BCUT2D eigenvalue weighted by atomic mass is 32.1. The lowest BCUT2D eigenvalue weighted by molar-refractivity contribution is -0.166. The maximum atomic E-state index is 13.3. The molecule has 2 aromatic rings. The number of esters is 1. The van der Waals surface area contributed by atoms with Crippen molar-refractivity contribution in [3.05, 3.63) is 28.3 Å². The number of hydrogen-bond acceptors (Lipinski definition) is 10. The van der Waals surface area contributed by atoms with E-state index in [2.05, 4.69) is 4.98 Å². The zero-order chi connectivity index (χ0) is 26.6. The highest BCUT2D eigenvalue weighted by Crippen LogP contribution is 2.52. The molecular formula is C25H29N3O8S. The molecule has 4 atom stereocenters. The van der Waals surface area contributed by atoms with Gasteiger partial charge in [-0.05, 0) is 39.5 Å². The standard InChI is InChI=1S/C25H29N3O8S/c1-11-17(16-9-27-14(4)26-19(13(3)30)23(27)37-16)21(28-20(11)18(12(2)29)22(28)31)24(32)34-10-35-25(33)36-15-7-5-6-8-15/h9,11-12,15,18,20,29H,5-8,10H2,1-4H3/t11-,12+,18+,20+/m0/s1. The number of carbonyl (C=O) groups is 4. The molecule has 1 saturated carbocycles. The average molecular weight is 532 g/mol. The summed E-state index contributed by atoms with van der Waals surface area (Å²) in [6.45, 7) is 6.00. The van der Waals surface area contributed by atoms with Crippen LogP contribution in [0.2, 0.25) is 0 Å². The Morgan fingerprint density at radius 1 is 1.24 bits per heavy atom. The molecule has 0 unspecified atom stereocenters. The van der Waals surface area contributed by atoms with Crippen LogP contribution in [0.1, 0.15) is 67.6 Å². The van der Waals surface area contributed by atoms with Gasteiger partial charge in [0, 0.05) is 24.6 Å². The van der Waals surface area contributed by atoms with Crippen molar-refractivity contribution in [3.63, 3.8) is 0 Å². The second kappa shape index (κ2) is 9.56. The van der Waals surface area contributed by atoms with Gasteiger partial charge in [0.1, 0.15) is 28.1 Å². The first-order chi connectivity index (χ1) is 17.6. The number of aliphatic hydroxyl groups is 1. The van der Waals surface area contributed by atoms with E-state index >= 15 is 0 Å². The van der Waals surface area contributed by atoms with Crippen LogP contribution in [0.15, 0.2) is 11.9 Å². The molecule has 2 fully saturated rings. The zero-order valence-electron chi connectivity index (χ0n) is 21.1. The second-order valence-electron chi connectivity index (χ2n) is 9.82. The molecule has 5 rings (SSSR count). The second-order valence-corrected chi connectivity index (χ2v) is 10.8. The third kappa shape index (κ3) is 4.21. The number of aryl methyl sites for hydroxylation is 1. The average Bonchev–Trinajstić information content (AvgIpc) is 3.58. The van der Waals surface area contributed by atoms with E-state index in [0.717, 1.165) is 25.7 Å². The van der Waals surface area contributed by atoms with E-state index in [9.17, 15) is 24.3 Å². The number of aromatic nitrogens is 2. The first kappa shape index (κ1) is 25.4. The Hall–Kier alpha value is -3.25. The van der Waals surface area contributed by atoms with Gasteiger partial charge in [0.05, 0.1) is 22.9 Å². The summed E-state index contributed by atoms with van der Waals surface area (Å²) in [6, 6.07) is -0.425. The molecule has 3 aliphatic rings. The lowest BCUT2D eigenvalue weighted by atomic mass is 9.77. The molecular weight excluding hydrogens is 502 g/mol. The van der Waals surface area contributed by atoms with Gasteiger partial charge in [-0.15, -0.1) is 11.3 Å². The third-order valence-electron chi connectivity index (χ3n) is 7.39. The van der Waals surface area contributed by atoms with Crippen LogP contribution in [0.3, 0.4) is 0 Å². The summed E-state index contributed by atoms with van der Waals surface area (Å²) in [5.41, 5.74) is 0.953. The fourth-order valence-electron chi connectivity index (χ4n) is 5.63. The minimum atomic E-state index is -0.908. The SMILES string of the molecule is CC(=O)c1nc(C)n2cc(C3=C(C(=O)OCOC(=O)OC4CCCC4)N4C(=O)[C@H]([C@@H](C)O)[C@H]4[C@H]3C)sc12. The minimum absolute atomic E-state index is 0.0478. The number of fused-ring (bicyclic) bond motifs is 2. The van der Waals surface area contributed by atoms with Crippen LogP contribution in [0, 0.1) is 18.8 Å². The Morgan fingerprint density at radius 3 is 2.59 bits per heavy atom. The predicted molar refractivity (Wildman–Crippen MR) is 130 cm³/mol. The Bertz CT molecular complexity index is 1320. The first-order valence-electron chi connectivity index (χ1n) is 12.4. The van der Waals surface area contributed by atoms with Crippen molar-refractivity contribution in [2.45, 2.75) is 71.6 Å². The normalized spacial score (nSPS) is 24.3. The largest absolute Gasteiger partial charge is 0.511 e. The molecule has 0 bridgehead atoms. The molecule has 11 nitrogen and oxygen atoms in total. The van der Waals surface area contributed by atoms with Crippen molar-refractivity contribution in [3.8, 4) is 0 Å². The molecule has 0 aromatic carbocycles. The fourth-order valence-corrected chi connectivity index (χ4v) is 6.96. The number of amides is 1. The Balaban J connectivity index is 1.43. The van der Waals surface area contributed by atoms with E-state index in [1.165, 1.54) is 23.2 Å². The Labute approximate surface area is 217 Å². The number of rotatable bonds is 7. The molecule has 1 saturated heterocycles. The number of β-lactam (4-membered cyclic amide) rings is 1. The number of hydrogen-bond donors (Lipinski definition) is 1. The number of aliphatic hydroxyl groups excluding tert-OH is 1. The van der Waals surface area contributed by atoms with Gasteiger partial charge in [-0.2, -0.15) is 0 Å². The summed E-state index contributed by atoms with van der Waals surface area (Å²) in [5, 5.41) is 10.2.